The van der Waals surface area contributed by atoms with Crippen molar-refractivity contribution in [2.75, 3.05) is 11.9 Å². The third-order valence-electron chi connectivity index (χ3n) is 3.61. The van der Waals surface area contributed by atoms with Gasteiger partial charge >= 0.3 is 0 Å². The number of carbonyl (C=O) groups is 1. The van der Waals surface area contributed by atoms with Crippen LogP contribution < -0.4 is 14.8 Å². The molecule has 2 aromatic carbocycles. The van der Waals surface area contributed by atoms with Gasteiger partial charge in [0.1, 0.15) is 5.75 Å². The normalized spacial score (nSPS) is 12.5. The molecule has 0 heterocycles. The number of halogens is 1. The fourth-order valence-corrected chi connectivity index (χ4v) is 3.74. The highest BCUT2D eigenvalue weighted by Crippen LogP contribution is 2.23. The number of hydrogen-bond acceptors (Lipinski definition) is 4. The lowest BCUT2D eigenvalue weighted by atomic mass is 10.2. The first kappa shape index (κ1) is 20.2. The maximum Gasteiger partial charge on any atom is 0.242 e. The topological polar surface area (TPSA) is 84.5 Å². The molecule has 0 fully saturated rings. The van der Waals surface area contributed by atoms with Crippen LogP contribution in [0.3, 0.4) is 0 Å². The van der Waals surface area contributed by atoms with Gasteiger partial charge in [-0.15, -0.1) is 0 Å². The minimum absolute atomic E-state index is 0.0656. The molecule has 1 atom stereocenters. The van der Waals surface area contributed by atoms with Gasteiger partial charge in [0.15, 0.2) is 0 Å². The highest BCUT2D eigenvalue weighted by Gasteiger charge is 2.23. The molecule has 0 saturated carbocycles. The lowest BCUT2D eigenvalue weighted by Crippen LogP contribution is -2.41. The van der Waals surface area contributed by atoms with Crippen LogP contribution in [0.25, 0.3) is 0 Å². The van der Waals surface area contributed by atoms with Crippen LogP contribution in [0.5, 0.6) is 5.75 Å². The zero-order valence-corrected chi connectivity index (χ0v) is 16.3. The van der Waals surface area contributed by atoms with E-state index in [2.05, 4.69) is 10.0 Å². The number of rotatable bonds is 7. The molecule has 2 aromatic rings. The Kier molecular flexibility index (Phi) is 6.63. The molecule has 8 heteroatoms. The highest BCUT2D eigenvalue weighted by atomic mass is 35.5. The predicted octanol–water partition coefficient (Wildman–Crippen LogP) is 3.35. The standard InChI is InChI=1S/C18H21ClN2O4S/c1-4-25-17-10-9-14(11-12(17)2)26(23,24)21-13(3)18(22)20-16-8-6-5-7-15(16)19/h5-11,13,21H,4H2,1-3H3,(H,20,22)/t13-/m1/s1. The summed E-state index contributed by atoms with van der Waals surface area (Å²) in [4.78, 5) is 12.3. The van der Waals surface area contributed by atoms with Gasteiger partial charge in [-0.3, -0.25) is 4.79 Å². The van der Waals surface area contributed by atoms with E-state index in [-0.39, 0.29) is 4.90 Å². The van der Waals surface area contributed by atoms with Crippen LogP contribution in [0.4, 0.5) is 5.69 Å². The number of para-hydroxylation sites is 1. The lowest BCUT2D eigenvalue weighted by Gasteiger charge is -2.16. The molecule has 0 aliphatic rings. The van der Waals surface area contributed by atoms with Gasteiger partial charge in [-0.1, -0.05) is 23.7 Å². The number of amides is 1. The van der Waals surface area contributed by atoms with Gasteiger partial charge in [0.25, 0.3) is 0 Å². The first-order valence-electron chi connectivity index (χ1n) is 8.05. The number of anilines is 1. The number of hydrogen-bond donors (Lipinski definition) is 2. The molecule has 140 valence electrons. The molecule has 0 unspecified atom stereocenters. The summed E-state index contributed by atoms with van der Waals surface area (Å²) >= 11 is 5.99. The van der Waals surface area contributed by atoms with Crippen LogP contribution in [-0.2, 0) is 14.8 Å². The van der Waals surface area contributed by atoms with Crippen LogP contribution in [0.2, 0.25) is 5.02 Å². The molecule has 0 aliphatic carbocycles. The number of aryl methyl sites for hydroxylation is 1. The summed E-state index contributed by atoms with van der Waals surface area (Å²) in [6.45, 7) is 5.57. The minimum Gasteiger partial charge on any atom is -0.494 e. The van der Waals surface area contributed by atoms with E-state index >= 15 is 0 Å². The SMILES string of the molecule is CCOc1ccc(S(=O)(=O)N[C@H](C)C(=O)Nc2ccccc2Cl)cc1C. The van der Waals surface area contributed by atoms with Crippen LogP contribution in [0.1, 0.15) is 19.4 Å². The van der Waals surface area contributed by atoms with Crippen molar-refractivity contribution in [2.24, 2.45) is 0 Å². The van der Waals surface area contributed by atoms with E-state index in [9.17, 15) is 13.2 Å². The van der Waals surface area contributed by atoms with Gasteiger partial charge in [-0.05, 0) is 56.7 Å². The third kappa shape index (κ3) is 4.97. The Balaban J connectivity index is 2.11. The summed E-state index contributed by atoms with van der Waals surface area (Å²) in [7, 11) is -3.86. The Hall–Kier alpha value is -2.09. The predicted molar refractivity (Wildman–Crippen MR) is 102 cm³/mol. The smallest absolute Gasteiger partial charge is 0.242 e. The zero-order chi connectivity index (χ0) is 19.3. The average Bonchev–Trinajstić information content (AvgIpc) is 2.58. The molecule has 0 bridgehead atoms. The molecule has 26 heavy (non-hydrogen) atoms. The minimum atomic E-state index is -3.86. The van der Waals surface area contributed by atoms with Gasteiger partial charge in [-0.2, -0.15) is 4.72 Å². The van der Waals surface area contributed by atoms with Gasteiger partial charge in [0, 0.05) is 0 Å². The quantitative estimate of drug-likeness (QED) is 0.751. The summed E-state index contributed by atoms with van der Waals surface area (Å²) in [5.74, 6) is 0.111. The Morgan fingerprint density at radius 1 is 1.23 bits per heavy atom. The van der Waals surface area contributed by atoms with E-state index in [0.29, 0.717) is 28.6 Å². The fraction of sp³-hybridized carbons (Fsp3) is 0.278. The molecule has 0 saturated heterocycles. The maximum absolute atomic E-state index is 12.5. The molecule has 0 radical (unpaired) electrons. The van der Waals surface area contributed by atoms with Crippen molar-refractivity contribution in [1.82, 2.24) is 4.72 Å². The van der Waals surface area contributed by atoms with E-state index in [1.165, 1.54) is 19.1 Å². The van der Waals surface area contributed by atoms with Gasteiger partial charge < -0.3 is 10.1 Å². The van der Waals surface area contributed by atoms with E-state index in [4.69, 9.17) is 16.3 Å². The van der Waals surface area contributed by atoms with E-state index < -0.39 is 22.0 Å². The summed E-state index contributed by atoms with van der Waals surface area (Å²) in [5, 5.41) is 2.98. The van der Waals surface area contributed by atoms with Crippen LogP contribution in [0, 0.1) is 6.92 Å². The van der Waals surface area contributed by atoms with Crippen molar-refractivity contribution in [3.8, 4) is 5.75 Å². The molecular formula is C18H21ClN2O4S. The Morgan fingerprint density at radius 3 is 2.54 bits per heavy atom. The van der Waals surface area contributed by atoms with Crippen molar-refractivity contribution in [1.29, 1.82) is 0 Å². The fourth-order valence-electron chi connectivity index (χ4n) is 2.26. The molecule has 0 spiro atoms. The second-order valence-corrected chi connectivity index (χ2v) is 7.79. The van der Waals surface area contributed by atoms with Crippen molar-refractivity contribution < 1.29 is 17.9 Å². The molecule has 2 rings (SSSR count). The Bertz CT molecular complexity index is 900. The Morgan fingerprint density at radius 2 is 1.92 bits per heavy atom. The van der Waals surface area contributed by atoms with E-state index in [0.717, 1.165) is 0 Å². The van der Waals surface area contributed by atoms with Crippen molar-refractivity contribution in [2.45, 2.75) is 31.7 Å². The number of nitrogens with one attached hydrogen (secondary N) is 2. The van der Waals surface area contributed by atoms with Gasteiger partial charge in [0.2, 0.25) is 15.9 Å². The number of carbonyl (C=O) groups excluding carboxylic acids is 1. The van der Waals surface area contributed by atoms with Crippen LogP contribution in [0.15, 0.2) is 47.4 Å². The van der Waals surface area contributed by atoms with Crippen molar-refractivity contribution >= 4 is 33.2 Å². The monoisotopic (exact) mass is 396 g/mol. The summed E-state index contributed by atoms with van der Waals surface area (Å²) in [6, 6.07) is 10.3. The second-order valence-electron chi connectivity index (χ2n) is 5.67. The van der Waals surface area contributed by atoms with Crippen LogP contribution >= 0.6 is 11.6 Å². The highest BCUT2D eigenvalue weighted by molar-refractivity contribution is 7.89. The van der Waals surface area contributed by atoms with E-state index in [1.807, 2.05) is 6.92 Å². The first-order chi connectivity index (χ1) is 12.2. The van der Waals surface area contributed by atoms with Crippen molar-refractivity contribution in [3.05, 3.63) is 53.1 Å². The summed E-state index contributed by atoms with van der Waals surface area (Å²) in [6.07, 6.45) is 0. The van der Waals surface area contributed by atoms with Gasteiger partial charge in [0.05, 0.1) is 28.3 Å². The average molecular weight is 397 g/mol. The Labute approximate surface area is 158 Å². The van der Waals surface area contributed by atoms with Crippen molar-refractivity contribution in [3.63, 3.8) is 0 Å². The van der Waals surface area contributed by atoms with Crippen LogP contribution in [-0.4, -0.2) is 27.0 Å². The largest absolute Gasteiger partial charge is 0.494 e. The van der Waals surface area contributed by atoms with Gasteiger partial charge in [-0.25, -0.2) is 8.42 Å². The molecular weight excluding hydrogens is 376 g/mol. The third-order valence-corrected chi connectivity index (χ3v) is 5.48. The number of benzene rings is 2. The maximum atomic E-state index is 12.5. The lowest BCUT2D eigenvalue weighted by molar-refractivity contribution is -0.117. The van der Waals surface area contributed by atoms with E-state index in [1.54, 1.807) is 37.3 Å². The summed E-state index contributed by atoms with van der Waals surface area (Å²) < 4.78 is 32.8. The number of sulfonamides is 1. The molecule has 6 nitrogen and oxygen atoms in total. The summed E-state index contributed by atoms with van der Waals surface area (Å²) in [5.41, 5.74) is 1.12. The molecule has 2 N–H and O–H groups in total. The molecule has 1 amide bonds. The second kappa shape index (κ2) is 8.53. The molecule has 0 aromatic heterocycles. The zero-order valence-electron chi connectivity index (χ0n) is 14.7. The number of ether oxygens (including phenoxy) is 1. The first-order valence-corrected chi connectivity index (χ1v) is 9.92. The molecule has 0 aliphatic heterocycles.